The van der Waals surface area contributed by atoms with Gasteiger partial charge in [0.05, 0.1) is 28.0 Å². The minimum atomic E-state index is 0.471. The zero-order valence-electron chi connectivity index (χ0n) is 10.6. The lowest BCUT2D eigenvalue weighted by Crippen LogP contribution is -2.35. The predicted molar refractivity (Wildman–Crippen MR) is 66.7 cm³/mol. The number of hydrogen-bond donors (Lipinski definition) is 2. The van der Waals surface area contributed by atoms with Gasteiger partial charge in [-0.1, -0.05) is 0 Å². The molecule has 0 fully saturated rings. The smallest absolute Gasteiger partial charge is 0.149 e. The third kappa shape index (κ3) is 2.92. The summed E-state index contributed by atoms with van der Waals surface area (Å²) >= 11 is 0. The van der Waals surface area contributed by atoms with Crippen LogP contribution >= 0.6 is 0 Å². The lowest BCUT2D eigenvalue weighted by atomic mass is 10.2. The first-order valence-corrected chi connectivity index (χ1v) is 5.12. The number of hydrogen-bond acceptors (Lipinski definition) is 6. The van der Waals surface area contributed by atoms with Crippen LogP contribution in [0.3, 0.4) is 0 Å². The van der Waals surface area contributed by atoms with Crippen molar-refractivity contribution in [2.45, 2.75) is 0 Å². The van der Waals surface area contributed by atoms with Crippen molar-refractivity contribution in [3.8, 4) is 17.2 Å². The van der Waals surface area contributed by atoms with Crippen LogP contribution in [0.4, 0.5) is 5.69 Å². The van der Waals surface area contributed by atoms with E-state index >= 15 is 0 Å². The molecule has 6 nitrogen and oxygen atoms in total. The van der Waals surface area contributed by atoms with Crippen molar-refractivity contribution in [2.24, 2.45) is 5.84 Å². The van der Waals surface area contributed by atoms with E-state index in [1.807, 2.05) is 11.9 Å². The average Bonchev–Trinajstić information content (AvgIpc) is 2.37. The fourth-order valence-electron chi connectivity index (χ4n) is 1.58. The van der Waals surface area contributed by atoms with Crippen LogP contribution in [0.15, 0.2) is 12.1 Å². The molecule has 0 aliphatic heterocycles. The van der Waals surface area contributed by atoms with Crippen molar-refractivity contribution in [2.75, 3.05) is 39.9 Å². The van der Waals surface area contributed by atoms with Gasteiger partial charge in [0, 0.05) is 19.2 Å². The van der Waals surface area contributed by atoms with E-state index in [0.29, 0.717) is 23.9 Å². The second-order valence-electron chi connectivity index (χ2n) is 3.44. The van der Waals surface area contributed by atoms with Gasteiger partial charge in [-0.25, -0.2) is 5.43 Å². The highest BCUT2D eigenvalue weighted by Gasteiger charge is 2.16. The van der Waals surface area contributed by atoms with Gasteiger partial charge in [0.15, 0.2) is 0 Å². The van der Waals surface area contributed by atoms with E-state index in [0.717, 1.165) is 5.69 Å². The van der Waals surface area contributed by atoms with Gasteiger partial charge in [-0.05, 0) is 0 Å². The third-order valence-corrected chi connectivity index (χ3v) is 2.40. The molecule has 17 heavy (non-hydrogen) atoms. The Balaban J connectivity index is 3.23. The lowest BCUT2D eigenvalue weighted by Gasteiger charge is -2.24. The Morgan fingerprint density at radius 3 is 2.00 bits per heavy atom. The molecule has 0 saturated heterocycles. The van der Waals surface area contributed by atoms with E-state index in [1.54, 1.807) is 33.5 Å². The number of ether oxygens (including phenoxy) is 3. The molecule has 0 aromatic heterocycles. The number of rotatable bonds is 6. The van der Waals surface area contributed by atoms with Crippen LogP contribution in [0.1, 0.15) is 0 Å². The fraction of sp³-hybridized carbons (Fsp3) is 0.455. The van der Waals surface area contributed by atoms with Gasteiger partial charge >= 0.3 is 0 Å². The first-order valence-electron chi connectivity index (χ1n) is 5.12. The standard InChI is InChI=1S/C11H19N3O3/c1-14(7-13-12)11-9(16-3)5-8(15-2)6-10(11)17-4/h5-6,13H,7,12H2,1-4H3. The summed E-state index contributed by atoms with van der Waals surface area (Å²) in [5.74, 6) is 7.32. The zero-order chi connectivity index (χ0) is 12.8. The Hall–Kier alpha value is -1.66. The van der Waals surface area contributed by atoms with Crippen LogP contribution in [0.25, 0.3) is 0 Å². The Bertz CT molecular complexity index is 346. The number of nitrogens with one attached hydrogen (secondary N) is 1. The molecule has 1 aromatic carbocycles. The molecule has 0 amide bonds. The Labute approximate surface area is 101 Å². The molecule has 3 N–H and O–H groups in total. The molecule has 0 heterocycles. The first kappa shape index (κ1) is 13.4. The molecule has 0 radical (unpaired) electrons. The van der Waals surface area contributed by atoms with Gasteiger partial charge in [0.1, 0.15) is 22.9 Å². The van der Waals surface area contributed by atoms with Crippen molar-refractivity contribution >= 4 is 5.69 Å². The number of nitrogens with zero attached hydrogens (tertiary/aromatic N) is 1. The Kier molecular flexibility index (Phi) is 4.86. The van der Waals surface area contributed by atoms with Gasteiger partial charge < -0.3 is 19.1 Å². The predicted octanol–water partition coefficient (Wildman–Crippen LogP) is 0.569. The maximum atomic E-state index is 5.33. The van der Waals surface area contributed by atoms with Gasteiger partial charge in [0.2, 0.25) is 0 Å². The SMILES string of the molecule is COc1cc(OC)c(N(C)CNN)c(OC)c1. The van der Waals surface area contributed by atoms with Crippen LogP contribution in [0.2, 0.25) is 0 Å². The van der Waals surface area contributed by atoms with E-state index < -0.39 is 0 Å². The van der Waals surface area contributed by atoms with Crippen LogP contribution in [-0.2, 0) is 0 Å². The van der Waals surface area contributed by atoms with Gasteiger partial charge in [-0.3, -0.25) is 5.84 Å². The number of anilines is 1. The van der Waals surface area contributed by atoms with Gasteiger partial charge in [-0.2, -0.15) is 0 Å². The van der Waals surface area contributed by atoms with E-state index in [2.05, 4.69) is 5.43 Å². The molecule has 0 bridgehead atoms. The van der Waals surface area contributed by atoms with E-state index in [4.69, 9.17) is 20.1 Å². The molecule has 1 rings (SSSR count). The molecule has 1 aromatic rings. The normalized spacial score (nSPS) is 9.94. The number of nitrogens with two attached hydrogens (primary N) is 1. The van der Waals surface area contributed by atoms with Crippen molar-refractivity contribution in [1.29, 1.82) is 0 Å². The van der Waals surface area contributed by atoms with Crippen molar-refractivity contribution < 1.29 is 14.2 Å². The summed E-state index contributed by atoms with van der Waals surface area (Å²) in [4.78, 5) is 1.89. The highest BCUT2D eigenvalue weighted by Crippen LogP contribution is 2.40. The Morgan fingerprint density at radius 2 is 1.65 bits per heavy atom. The first-order chi connectivity index (χ1) is 8.17. The summed E-state index contributed by atoms with van der Waals surface area (Å²) in [6.07, 6.45) is 0. The third-order valence-electron chi connectivity index (χ3n) is 2.40. The van der Waals surface area contributed by atoms with Gasteiger partial charge in [-0.15, -0.1) is 0 Å². The number of methoxy groups -OCH3 is 3. The summed E-state index contributed by atoms with van der Waals surface area (Å²) in [6, 6.07) is 3.59. The highest BCUT2D eigenvalue weighted by molar-refractivity contribution is 5.69. The molecule has 0 aliphatic rings. The molecule has 0 saturated carbocycles. The minimum absolute atomic E-state index is 0.471. The Morgan fingerprint density at radius 1 is 1.12 bits per heavy atom. The molecule has 96 valence electrons. The molecule has 0 unspecified atom stereocenters. The molecular formula is C11H19N3O3. The summed E-state index contributed by atoms with van der Waals surface area (Å²) < 4.78 is 15.8. The van der Waals surface area contributed by atoms with Crippen molar-refractivity contribution in [1.82, 2.24) is 5.43 Å². The monoisotopic (exact) mass is 241 g/mol. The van der Waals surface area contributed by atoms with Crippen molar-refractivity contribution in [3.63, 3.8) is 0 Å². The lowest BCUT2D eigenvalue weighted by molar-refractivity contribution is 0.375. The van der Waals surface area contributed by atoms with E-state index in [1.165, 1.54) is 0 Å². The summed E-state index contributed by atoms with van der Waals surface area (Å²) in [6.45, 7) is 0.471. The topological polar surface area (TPSA) is 69.0 Å². The average molecular weight is 241 g/mol. The molecule has 0 spiro atoms. The van der Waals surface area contributed by atoms with Crippen molar-refractivity contribution in [3.05, 3.63) is 12.1 Å². The summed E-state index contributed by atoms with van der Waals surface area (Å²) in [7, 11) is 6.68. The fourth-order valence-corrected chi connectivity index (χ4v) is 1.58. The second-order valence-corrected chi connectivity index (χ2v) is 3.44. The maximum absolute atomic E-state index is 5.33. The summed E-state index contributed by atoms with van der Waals surface area (Å²) in [5, 5.41) is 0. The van der Waals surface area contributed by atoms with Crippen LogP contribution in [0.5, 0.6) is 17.2 Å². The number of hydrazine groups is 1. The largest absolute Gasteiger partial charge is 0.496 e. The molecule has 0 aliphatic carbocycles. The highest BCUT2D eigenvalue weighted by atomic mass is 16.5. The maximum Gasteiger partial charge on any atom is 0.149 e. The minimum Gasteiger partial charge on any atom is -0.496 e. The molecular weight excluding hydrogens is 222 g/mol. The van der Waals surface area contributed by atoms with Crippen LogP contribution in [0, 0.1) is 0 Å². The van der Waals surface area contributed by atoms with Crippen LogP contribution < -0.4 is 30.4 Å². The van der Waals surface area contributed by atoms with Crippen LogP contribution in [-0.4, -0.2) is 35.0 Å². The quantitative estimate of drug-likeness (QED) is 0.431. The number of benzene rings is 1. The van der Waals surface area contributed by atoms with E-state index in [-0.39, 0.29) is 0 Å². The van der Waals surface area contributed by atoms with Gasteiger partial charge in [0.25, 0.3) is 0 Å². The summed E-state index contributed by atoms with van der Waals surface area (Å²) in [5.41, 5.74) is 3.39. The molecule has 6 heteroatoms. The zero-order valence-corrected chi connectivity index (χ0v) is 10.6. The second kappa shape index (κ2) is 6.17. The molecule has 0 atom stereocenters. The van der Waals surface area contributed by atoms with E-state index in [9.17, 15) is 0 Å².